The highest BCUT2D eigenvalue weighted by atomic mass is 16.1. The van der Waals surface area contributed by atoms with Gasteiger partial charge in [-0.25, -0.2) is 0 Å². The Labute approximate surface area is 65.9 Å². The number of hydrogen-bond donors (Lipinski definition) is 1. The molecule has 11 heavy (non-hydrogen) atoms. The highest BCUT2D eigenvalue weighted by Gasteiger charge is 2.46. The van der Waals surface area contributed by atoms with Crippen LogP contribution < -0.4 is 5.43 Å². The molecule has 0 aromatic heterocycles. The maximum absolute atomic E-state index is 11.5. The van der Waals surface area contributed by atoms with Gasteiger partial charge in [-0.05, 0) is 6.42 Å². The molecule has 3 heteroatoms. The molecule has 2 rings (SSSR count). The molecule has 1 aliphatic heterocycles. The Kier molecular flexibility index (Phi) is 1.14. The molecule has 0 aromatic rings. The van der Waals surface area contributed by atoms with Gasteiger partial charge in [-0.15, -0.1) is 0 Å². The van der Waals surface area contributed by atoms with E-state index >= 15 is 0 Å². The Balaban J connectivity index is 2.36. The van der Waals surface area contributed by atoms with E-state index in [2.05, 4.69) is 10.5 Å². The fourth-order valence-corrected chi connectivity index (χ4v) is 1.89. The molecule has 0 saturated heterocycles. The molecule has 1 atom stereocenters. The Morgan fingerprint density at radius 3 is 3.00 bits per heavy atom. The topological polar surface area (TPSA) is 41.5 Å². The van der Waals surface area contributed by atoms with Crippen LogP contribution in [0.2, 0.25) is 0 Å². The van der Waals surface area contributed by atoms with Crippen LogP contribution in [0.3, 0.4) is 0 Å². The van der Waals surface area contributed by atoms with Gasteiger partial charge in [-0.3, -0.25) is 4.79 Å². The minimum Gasteiger partial charge on any atom is -0.309 e. The number of nitrogens with one attached hydrogen (secondary N) is 1. The second-order valence-corrected chi connectivity index (χ2v) is 3.97. The minimum atomic E-state index is -0.161. The number of nitrogens with zero attached hydrogens (tertiary/aromatic N) is 1. The Morgan fingerprint density at radius 2 is 2.36 bits per heavy atom. The van der Waals surface area contributed by atoms with E-state index in [9.17, 15) is 4.79 Å². The van der Waals surface area contributed by atoms with E-state index in [1.165, 1.54) is 0 Å². The quantitative estimate of drug-likeness (QED) is 0.551. The van der Waals surface area contributed by atoms with Gasteiger partial charge in [-0.1, -0.05) is 13.8 Å². The SMILES string of the molecule is CC1(C)C[C@H]2CNN=C2C1=O. The molecule has 1 N–H and O–H groups in total. The lowest BCUT2D eigenvalue weighted by Gasteiger charge is -2.13. The predicted molar refractivity (Wildman–Crippen MR) is 42.3 cm³/mol. The highest BCUT2D eigenvalue weighted by molar-refractivity contribution is 6.44. The number of hydrogen-bond acceptors (Lipinski definition) is 3. The van der Waals surface area contributed by atoms with E-state index in [0.29, 0.717) is 5.92 Å². The summed E-state index contributed by atoms with van der Waals surface area (Å²) in [7, 11) is 0. The summed E-state index contributed by atoms with van der Waals surface area (Å²) in [4.78, 5) is 11.5. The van der Waals surface area contributed by atoms with Gasteiger partial charge in [-0.2, -0.15) is 5.10 Å². The summed E-state index contributed by atoms with van der Waals surface area (Å²) in [6.07, 6.45) is 0.956. The van der Waals surface area contributed by atoms with E-state index in [1.807, 2.05) is 13.8 Å². The monoisotopic (exact) mass is 152 g/mol. The molecule has 0 unspecified atom stereocenters. The average Bonchev–Trinajstić information content (AvgIpc) is 2.39. The fraction of sp³-hybridized carbons (Fsp3) is 0.750. The fourth-order valence-electron chi connectivity index (χ4n) is 1.89. The van der Waals surface area contributed by atoms with E-state index in [-0.39, 0.29) is 11.2 Å². The first-order valence-corrected chi connectivity index (χ1v) is 3.96. The Hall–Kier alpha value is -0.860. The third-order valence-electron chi connectivity index (χ3n) is 2.53. The summed E-state index contributed by atoms with van der Waals surface area (Å²) in [6, 6.07) is 0. The van der Waals surface area contributed by atoms with Crippen LogP contribution in [0.5, 0.6) is 0 Å². The normalized spacial score (nSPS) is 33.1. The van der Waals surface area contributed by atoms with E-state index < -0.39 is 0 Å². The van der Waals surface area contributed by atoms with Gasteiger partial charge in [0.2, 0.25) is 0 Å². The zero-order chi connectivity index (χ0) is 8.06. The van der Waals surface area contributed by atoms with E-state index in [4.69, 9.17) is 0 Å². The standard InChI is InChI=1S/C8H12N2O/c1-8(2)3-5-4-9-10-6(5)7(8)11/h5,9H,3-4H2,1-2H3/t5-/m0/s1. The summed E-state index contributed by atoms with van der Waals surface area (Å²) >= 11 is 0. The van der Waals surface area contributed by atoms with Crippen molar-refractivity contribution >= 4 is 11.5 Å². The molecular weight excluding hydrogens is 140 g/mol. The van der Waals surface area contributed by atoms with Crippen molar-refractivity contribution in [3.8, 4) is 0 Å². The van der Waals surface area contributed by atoms with Gasteiger partial charge < -0.3 is 5.43 Å². The van der Waals surface area contributed by atoms with Crippen molar-refractivity contribution < 1.29 is 4.79 Å². The molecule has 0 bridgehead atoms. The van der Waals surface area contributed by atoms with Crippen LogP contribution in [0.1, 0.15) is 20.3 Å². The van der Waals surface area contributed by atoms with Crippen molar-refractivity contribution in [3.63, 3.8) is 0 Å². The maximum atomic E-state index is 11.5. The second-order valence-electron chi connectivity index (χ2n) is 3.97. The summed E-state index contributed by atoms with van der Waals surface area (Å²) in [5, 5.41) is 3.99. The van der Waals surface area contributed by atoms with Crippen LogP contribution in [0, 0.1) is 11.3 Å². The first-order valence-electron chi connectivity index (χ1n) is 3.96. The summed E-state index contributed by atoms with van der Waals surface area (Å²) in [5.41, 5.74) is 3.47. The predicted octanol–water partition coefficient (Wildman–Crippen LogP) is 0.561. The summed E-state index contributed by atoms with van der Waals surface area (Å²) in [5.74, 6) is 0.616. The molecule has 1 saturated carbocycles. The zero-order valence-corrected chi connectivity index (χ0v) is 6.85. The maximum Gasteiger partial charge on any atom is 0.184 e. The number of carbonyl (C=O) groups is 1. The highest BCUT2D eigenvalue weighted by Crippen LogP contribution is 2.37. The Morgan fingerprint density at radius 1 is 1.64 bits per heavy atom. The molecule has 2 aliphatic rings. The third kappa shape index (κ3) is 0.800. The number of fused-ring (bicyclic) bond motifs is 1. The lowest BCUT2D eigenvalue weighted by atomic mass is 9.89. The molecule has 0 amide bonds. The van der Waals surface area contributed by atoms with E-state index in [1.54, 1.807) is 0 Å². The van der Waals surface area contributed by atoms with Gasteiger partial charge >= 0.3 is 0 Å². The lowest BCUT2D eigenvalue weighted by molar-refractivity contribution is -0.119. The number of rotatable bonds is 0. The smallest absolute Gasteiger partial charge is 0.184 e. The molecule has 0 aromatic carbocycles. The zero-order valence-electron chi connectivity index (χ0n) is 6.85. The van der Waals surface area contributed by atoms with Crippen molar-refractivity contribution in [1.29, 1.82) is 0 Å². The van der Waals surface area contributed by atoms with Crippen molar-refractivity contribution in [2.75, 3.05) is 6.54 Å². The van der Waals surface area contributed by atoms with Gasteiger partial charge in [0.25, 0.3) is 0 Å². The molecule has 0 radical (unpaired) electrons. The number of hydrazone groups is 1. The van der Waals surface area contributed by atoms with Crippen molar-refractivity contribution in [2.45, 2.75) is 20.3 Å². The van der Waals surface area contributed by atoms with Crippen LogP contribution >= 0.6 is 0 Å². The average molecular weight is 152 g/mol. The van der Waals surface area contributed by atoms with Gasteiger partial charge in [0, 0.05) is 17.9 Å². The van der Waals surface area contributed by atoms with Crippen molar-refractivity contribution in [2.24, 2.45) is 16.4 Å². The van der Waals surface area contributed by atoms with Crippen LogP contribution in [0.4, 0.5) is 0 Å². The second kappa shape index (κ2) is 1.84. The van der Waals surface area contributed by atoms with Gasteiger partial charge in [0.05, 0.1) is 0 Å². The number of carbonyl (C=O) groups excluding carboxylic acids is 1. The molecule has 1 heterocycles. The molecule has 3 nitrogen and oxygen atoms in total. The van der Waals surface area contributed by atoms with E-state index in [0.717, 1.165) is 18.7 Å². The largest absolute Gasteiger partial charge is 0.309 e. The van der Waals surface area contributed by atoms with Gasteiger partial charge in [0.15, 0.2) is 5.78 Å². The van der Waals surface area contributed by atoms with Crippen molar-refractivity contribution in [1.82, 2.24) is 5.43 Å². The van der Waals surface area contributed by atoms with Crippen molar-refractivity contribution in [3.05, 3.63) is 0 Å². The van der Waals surface area contributed by atoms with Crippen LogP contribution in [-0.2, 0) is 4.79 Å². The Bertz CT molecular complexity index is 242. The molecular formula is C8H12N2O. The van der Waals surface area contributed by atoms with Crippen LogP contribution in [-0.4, -0.2) is 18.0 Å². The third-order valence-corrected chi connectivity index (χ3v) is 2.53. The first kappa shape index (κ1) is 6.83. The summed E-state index contributed by atoms with van der Waals surface area (Å²) in [6.45, 7) is 4.84. The molecule has 60 valence electrons. The first-order chi connectivity index (χ1) is 5.11. The molecule has 1 aliphatic carbocycles. The van der Waals surface area contributed by atoms with Crippen LogP contribution in [0.15, 0.2) is 5.10 Å². The summed E-state index contributed by atoms with van der Waals surface area (Å²) < 4.78 is 0. The van der Waals surface area contributed by atoms with Gasteiger partial charge in [0.1, 0.15) is 5.71 Å². The lowest BCUT2D eigenvalue weighted by Crippen LogP contribution is -2.21. The number of Topliss-reactive ketones (excluding diaryl/α,β-unsaturated/α-hetero) is 1. The molecule has 1 fully saturated rings. The molecule has 0 spiro atoms. The van der Waals surface area contributed by atoms with Crippen LogP contribution in [0.25, 0.3) is 0 Å². The minimum absolute atomic E-state index is 0.161. The number of ketones is 1.